The van der Waals surface area contributed by atoms with Crippen LogP contribution in [0.4, 0.5) is 8.78 Å². The minimum atomic E-state index is -3.34. The van der Waals surface area contributed by atoms with Crippen LogP contribution in [0.2, 0.25) is 0 Å². The van der Waals surface area contributed by atoms with E-state index in [1.165, 1.54) is 18.2 Å². The summed E-state index contributed by atoms with van der Waals surface area (Å²) >= 11 is 0. The number of rotatable bonds is 11. The number of hydrogen-bond acceptors (Lipinski definition) is 4. The molecule has 160 valence electrons. The summed E-state index contributed by atoms with van der Waals surface area (Å²) in [4.78, 5) is 10.8. The number of allylic oxidation sites excluding steroid dienone is 2. The average Bonchev–Trinajstić information content (AvgIpc) is 2.97. The first kappa shape index (κ1) is 17.6. The van der Waals surface area contributed by atoms with E-state index >= 15 is 0 Å². The van der Waals surface area contributed by atoms with Crippen LogP contribution >= 0.6 is 0 Å². The topological polar surface area (TPSA) is 87.0 Å². The lowest BCUT2D eigenvalue weighted by Gasteiger charge is -2.20. The zero-order chi connectivity index (χ0) is 24.9. The second-order valence-corrected chi connectivity index (χ2v) is 6.86. The maximum Gasteiger partial charge on any atom is 0.303 e. The molecule has 1 fully saturated rings. The predicted molar refractivity (Wildman–Crippen MR) is 105 cm³/mol. The second kappa shape index (κ2) is 11.1. The second-order valence-electron chi connectivity index (χ2n) is 6.86. The molecule has 7 heteroatoms. The number of aliphatic hydroxyl groups is 2. The van der Waals surface area contributed by atoms with Crippen molar-refractivity contribution in [3.8, 4) is 5.75 Å². The fourth-order valence-electron chi connectivity index (χ4n) is 3.17. The van der Waals surface area contributed by atoms with Crippen molar-refractivity contribution < 1.29 is 39.1 Å². The molecule has 1 aromatic rings. The van der Waals surface area contributed by atoms with Crippen LogP contribution in [0.25, 0.3) is 0 Å². The Hall–Kier alpha value is -2.25. The van der Waals surface area contributed by atoms with Gasteiger partial charge < -0.3 is 20.1 Å². The number of aliphatic carboxylic acids is 1. The van der Waals surface area contributed by atoms with E-state index < -0.39 is 61.7 Å². The lowest BCUT2D eigenvalue weighted by atomic mass is 9.89. The number of hydrogen-bond donors (Lipinski definition) is 3. The monoisotopic (exact) mass is 414 g/mol. The number of carboxylic acids is 1. The van der Waals surface area contributed by atoms with E-state index in [1.807, 2.05) is 0 Å². The Morgan fingerprint density at radius 2 is 1.97 bits per heavy atom. The summed E-state index contributed by atoms with van der Waals surface area (Å²) in [5.41, 5.74) is 0. The molecule has 0 spiro atoms. The molecule has 2 rings (SSSR count). The molecule has 0 unspecified atom stereocenters. The van der Waals surface area contributed by atoms with Crippen molar-refractivity contribution in [3.63, 3.8) is 0 Å². The van der Waals surface area contributed by atoms with Gasteiger partial charge in [0.1, 0.15) is 5.75 Å². The largest absolute Gasteiger partial charge is 0.487 e. The van der Waals surface area contributed by atoms with Gasteiger partial charge in [-0.05, 0) is 43.3 Å². The summed E-state index contributed by atoms with van der Waals surface area (Å²) in [5.74, 6) is -6.10. The van der Waals surface area contributed by atoms with Crippen molar-refractivity contribution in [1.29, 1.82) is 0 Å². The van der Waals surface area contributed by atoms with Gasteiger partial charge in [0.2, 0.25) is 0 Å². The third kappa shape index (κ3) is 7.95. The van der Waals surface area contributed by atoms with Crippen LogP contribution in [0.15, 0.2) is 54.6 Å². The summed E-state index contributed by atoms with van der Waals surface area (Å²) in [6.07, 6.45) is -4.68. The van der Waals surface area contributed by atoms with E-state index in [1.54, 1.807) is 18.2 Å². The Bertz CT molecular complexity index is 848. The number of carbonyl (C=O) groups is 1. The van der Waals surface area contributed by atoms with E-state index in [9.17, 15) is 23.8 Å². The van der Waals surface area contributed by atoms with Crippen molar-refractivity contribution in [2.45, 2.75) is 50.1 Å². The zero-order valence-electron chi connectivity index (χ0n) is 19.7. The molecule has 4 atom stereocenters. The van der Waals surface area contributed by atoms with Gasteiger partial charge in [0.05, 0.1) is 12.2 Å². The Morgan fingerprint density at radius 1 is 1.24 bits per heavy atom. The van der Waals surface area contributed by atoms with Crippen LogP contribution in [0.3, 0.4) is 0 Å². The van der Waals surface area contributed by atoms with Crippen LogP contribution in [0, 0.1) is 11.8 Å². The third-order valence-corrected chi connectivity index (χ3v) is 4.60. The van der Waals surface area contributed by atoms with Crippen molar-refractivity contribution in [2.24, 2.45) is 11.8 Å². The van der Waals surface area contributed by atoms with Gasteiger partial charge in [0.25, 0.3) is 5.92 Å². The number of para-hydroxylation sites is 1. The van der Waals surface area contributed by atoms with Crippen LogP contribution in [-0.4, -0.2) is 46.0 Å². The third-order valence-electron chi connectivity index (χ3n) is 4.60. The van der Waals surface area contributed by atoms with E-state index in [0.717, 1.165) is 12.2 Å². The summed E-state index contributed by atoms with van der Waals surface area (Å²) in [6.45, 7) is -0.914. The molecule has 0 amide bonds. The van der Waals surface area contributed by atoms with E-state index in [-0.39, 0.29) is 18.6 Å². The molecule has 0 saturated heterocycles. The fourth-order valence-corrected chi connectivity index (χ4v) is 3.17. The normalized spacial score (nSPS) is 28.1. The highest BCUT2D eigenvalue weighted by Gasteiger charge is 2.40. The molecule has 0 aromatic heterocycles. The number of benzene rings is 1. The number of aliphatic hydroxyl groups excluding tert-OH is 2. The Morgan fingerprint density at radius 3 is 2.66 bits per heavy atom. The zero-order valence-corrected chi connectivity index (χ0v) is 15.7. The summed E-state index contributed by atoms with van der Waals surface area (Å²) in [5, 5.41) is 29.2. The first-order valence-electron chi connectivity index (χ1n) is 11.2. The molecule has 1 aromatic carbocycles. The number of ether oxygens (including phenoxy) is 1. The fraction of sp³-hybridized carbons (Fsp3) is 0.500. The lowest BCUT2D eigenvalue weighted by Crippen LogP contribution is -2.25. The molecule has 1 aliphatic carbocycles. The minimum Gasteiger partial charge on any atom is -0.487 e. The average molecular weight is 414 g/mol. The standard InChI is InChI=1S/C22H28F2O5/c23-22(24,15-29-16-8-4-3-5-9-16)13-12-18-17(19(25)14-20(18)26)10-6-1-2-7-11-21(27)28/h1,3-6,8-9,12-13,17-20,25-26H,2,7,10-11,14-15H2,(H,27,28)/b6-1-,13-12+/t17-,18-,19+,20-/m1/s1/i2D2,7D2. The van der Waals surface area contributed by atoms with E-state index in [2.05, 4.69) is 0 Å². The van der Waals surface area contributed by atoms with Crippen LogP contribution in [0.1, 0.15) is 37.5 Å². The highest BCUT2D eigenvalue weighted by Crippen LogP contribution is 2.37. The molecule has 1 aliphatic rings. The quantitative estimate of drug-likeness (QED) is 0.479. The van der Waals surface area contributed by atoms with E-state index in [0.29, 0.717) is 6.08 Å². The molecule has 0 aliphatic heterocycles. The number of carboxylic acid groups (broad SMARTS) is 1. The van der Waals surface area contributed by atoms with Gasteiger partial charge in [0.15, 0.2) is 6.61 Å². The Balaban J connectivity index is 2.04. The predicted octanol–water partition coefficient (Wildman–Crippen LogP) is 3.82. The van der Waals surface area contributed by atoms with Crippen LogP contribution < -0.4 is 4.74 Å². The molecule has 5 nitrogen and oxygen atoms in total. The van der Waals surface area contributed by atoms with Crippen molar-refractivity contribution in [3.05, 3.63) is 54.6 Å². The van der Waals surface area contributed by atoms with Gasteiger partial charge in [-0.25, -0.2) is 0 Å². The van der Waals surface area contributed by atoms with Gasteiger partial charge in [-0.1, -0.05) is 36.4 Å². The van der Waals surface area contributed by atoms with E-state index in [4.69, 9.17) is 15.3 Å². The molecule has 1 saturated carbocycles. The van der Waals surface area contributed by atoms with Gasteiger partial charge in [-0.2, -0.15) is 8.78 Å². The van der Waals surface area contributed by atoms with Gasteiger partial charge >= 0.3 is 5.97 Å². The Kier molecular flexibility index (Phi) is 6.72. The molecule has 0 bridgehead atoms. The molecule has 29 heavy (non-hydrogen) atoms. The van der Waals surface area contributed by atoms with Crippen molar-refractivity contribution in [2.75, 3.05) is 6.61 Å². The lowest BCUT2D eigenvalue weighted by molar-refractivity contribution is -0.137. The van der Waals surface area contributed by atoms with Gasteiger partial charge in [-0.15, -0.1) is 0 Å². The summed E-state index contributed by atoms with van der Waals surface area (Å²) < 4.78 is 64.5. The summed E-state index contributed by atoms with van der Waals surface area (Å²) in [7, 11) is 0. The van der Waals surface area contributed by atoms with Gasteiger partial charge in [0, 0.05) is 24.2 Å². The SMILES string of the molecule is [2H]C([2H])(/C=C\C[C@@H]1[C@@H](/C=C/C(F)(F)COc2ccccc2)[C@H](O)C[C@@H]1O)C([2H])([2H])CC(=O)O. The smallest absolute Gasteiger partial charge is 0.303 e. The maximum absolute atomic E-state index is 14.2. The molecular weight excluding hydrogens is 382 g/mol. The summed E-state index contributed by atoms with van der Waals surface area (Å²) in [6, 6.07) is 8.09. The number of alkyl halides is 2. The molecule has 0 radical (unpaired) electrons. The highest BCUT2D eigenvalue weighted by molar-refractivity contribution is 5.66. The first-order chi connectivity index (χ1) is 15.2. The molecular formula is C22H28F2O5. The molecule has 0 heterocycles. The van der Waals surface area contributed by atoms with Crippen molar-refractivity contribution >= 4 is 5.97 Å². The van der Waals surface area contributed by atoms with Crippen LogP contribution in [-0.2, 0) is 4.79 Å². The van der Waals surface area contributed by atoms with Crippen molar-refractivity contribution in [1.82, 2.24) is 0 Å². The van der Waals surface area contributed by atoms with Crippen LogP contribution in [0.5, 0.6) is 5.75 Å². The number of halogens is 2. The highest BCUT2D eigenvalue weighted by atomic mass is 19.3. The Labute approximate surface area is 174 Å². The van der Waals surface area contributed by atoms with Gasteiger partial charge in [-0.3, -0.25) is 4.79 Å². The molecule has 3 N–H and O–H groups in total. The first-order valence-corrected chi connectivity index (χ1v) is 9.25. The minimum absolute atomic E-state index is 0.0258. The maximum atomic E-state index is 14.2.